The Kier molecular flexibility index (Phi) is 4.43. The second-order valence-corrected chi connectivity index (χ2v) is 6.44. The van der Waals surface area contributed by atoms with Crippen molar-refractivity contribution >= 4 is 23.3 Å². The monoisotopic (exact) mass is 356 g/mol. The van der Waals surface area contributed by atoms with E-state index in [-0.39, 0.29) is 17.8 Å². The van der Waals surface area contributed by atoms with Gasteiger partial charge < -0.3 is 14.8 Å². The second-order valence-electron chi connectivity index (χ2n) is 5.50. The zero-order chi connectivity index (χ0) is 17.1. The molecule has 1 aliphatic heterocycles. The van der Waals surface area contributed by atoms with Crippen LogP contribution in [-0.4, -0.2) is 45.5 Å². The molecule has 8 heteroatoms. The van der Waals surface area contributed by atoms with Gasteiger partial charge in [0.1, 0.15) is 12.7 Å². The van der Waals surface area contributed by atoms with E-state index in [9.17, 15) is 4.79 Å². The smallest absolute Gasteiger partial charge is 0.230 e. The first-order chi connectivity index (χ1) is 12.3. The molecule has 128 valence electrons. The molecule has 0 bridgehead atoms. The van der Waals surface area contributed by atoms with Gasteiger partial charge in [0, 0.05) is 6.20 Å². The van der Waals surface area contributed by atoms with Crippen LogP contribution in [-0.2, 0) is 4.79 Å². The molecule has 4 rings (SSSR count). The molecule has 1 aliphatic rings. The summed E-state index contributed by atoms with van der Waals surface area (Å²) in [5.41, 5.74) is 0.761. The molecule has 0 saturated carbocycles. The van der Waals surface area contributed by atoms with Crippen LogP contribution in [0.4, 0.5) is 0 Å². The van der Waals surface area contributed by atoms with Crippen LogP contribution < -0.4 is 14.8 Å². The van der Waals surface area contributed by atoms with Gasteiger partial charge in [0.05, 0.1) is 12.3 Å². The summed E-state index contributed by atoms with van der Waals surface area (Å²) >= 11 is 1.35. The summed E-state index contributed by atoms with van der Waals surface area (Å²) in [5.74, 6) is 1.62. The molecule has 0 spiro atoms. The fourth-order valence-electron chi connectivity index (χ4n) is 2.49. The Morgan fingerprint density at radius 1 is 1.20 bits per heavy atom. The van der Waals surface area contributed by atoms with Gasteiger partial charge in [-0.2, -0.15) is 0 Å². The average Bonchev–Trinajstić information content (AvgIpc) is 3.08. The molecule has 1 aromatic carbocycles. The van der Waals surface area contributed by atoms with Crippen molar-refractivity contribution in [2.24, 2.45) is 0 Å². The number of amides is 1. The van der Waals surface area contributed by atoms with E-state index in [1.165, 1.54) is 11.8 Å². The molecule has 1 amide bonds. The lowest BCUT2D eigenvalue weighted by atomic mass is 10.2. The van der Waals surface area contributed by atoms with Crippen LogP contribution in [0.2, 0.25) is 0 Å². The summed E-state index contributed by atoms with van der Waals surface area (Å²) in [6.07, 6.45) is 1.68. The van der Waals surface area contributed by atoms with Gasteiger partial charge in [-0.3, -0.25) is 9.20 Å². The zero-order valence-electron chi connectivity index (χ0n) is 13.3. The number of carbonyl (C=O) groups excluding carboxylic acids is 1. The van der Waals surface area contributed by atoms with E-state index >= 15 is 0 Å². The quantitative estimate of drug-likeness (QED) is 0.702. The van der Waals surface area contributed by atoms with Crippen LogP contribution in [0.1, 0.15) is 0 Å². The maximum atomic E-state index is 12.1. The number of ether oxygens (including phenoxy) is 2. The van der Waals surface area contributed by atoms with E-state index in [0.29, 0.717) is 24.1 Å². The number of carbonyl (C=O) groups is 1. The van der Waals surface area contributed by atoms with E-state index in [2.05, 4.69) is 15.5 Å². The second kappa shape index (κ2) is 7.02. The molecule has 25 heavy (non-hydrogen) atoms. The van der Waals surface area contributed by atoms with Gasteiger partial charge in [-0.25, -0.2) is 0 Å². The van der Waals surface area contributed by atoms with Crippen molar-refractivity contribution in [3.63, 3.8) is 0 Å². The number of nitrogens with zero attached hydrogens (tertiary/aromatic N) is 3. The normalized spacial score (nSPS) is 15.9. The molecule has 1 atom stereocenters. The van der Waals surface area contributed by atoms with E-state index in [1.54, 1.807) is 0 Å². The highest BCUT2D eigenvalue weighted by molar-refractivity contribution is 7.99. The number of aromatic nitrogens is 3. The summed E-state index contributed by atoms with van der Waals surface area (Å²) < 4.78 is 13.3. The molecular formula is C17H16N4O3S. The van der Waals surface area contributed by atoms with Crippen molar-refractivity contribution < 1.29 is 14.3 Å². The van der Waals surface area contributed by atoms with Crippen molar-refractivity contribution in [1.29, 1.82) is 0 Å². The molecule has 0 radical (unpaired) electrons. The van der Waals surface area contributed by atoms with Crippen molar-refractivity contribution in [2.75, 3.05) is 18.9 Å². The number of thioether (sulfide) groups is 1. The van der Waals surface area contributed by atoms with Crippen molar-refractivity contribution in [2.45, 2.75) is 11.3 Å². The van der Waals surface area contributed by atoms with E-state index in [4.69, 9.17) is 9.47 Å². The van der Waals surface area contributed by atoms with Crippen LogP contribution in [0.25, 0.3) is 5.65 Å². The summed E-state index contributed by atoms with van der Waals surface area (Å²) in [4.78, 5) is 12.1. The Bertz CT molecular complexity index is 898. The number of pyridine rings is 1. The Labute approximate surface area is 148 Å². The van der Waals surface area contributed by atoms with Gasteiger partial charge in [-0.05, 0) is 24.3 Å². The molecule has 7 nitrogen and oxygen atoms in total. The van der Waals surface area contributed by atoms with Gasteiger partial charge >= 0.3 is 0 Å². The van der Waals surface area contributed by atoms with Crippen molar-refractivity contribution in [3.05, 3.63) is 48.7 Å². The lowest BCUT2D eigenvalue weighted by Crippen LogP contribution is -2.41. The molecular weight excluding hydrogens is 340 g/mol. The third-order valence-electron chi connectivity index (χ3n) is 3.71. The average molecular weight is 356 g/mol. The molecule has 3 aromatic rings. The number of hydrogen-bond acceptors (Lipinski definition) is 6. The lowest BCUT2D eigenvalue weighted by Gasteiger charge is -2.26. The summed E-state index contributed by atoms with van der Waals surface area (Å²) in [6.45, 7) is 0.813. The minimum Gasteiger partial charge on any atom is -0.486 e. The maximum Gasteiger partial charge on any atom is 0.230 e. The molecule has 3 heterocycles. The van der Waals surface area contributed by atoms with E-state index < -0.39 is 0 Å². The SMILES string of the molecule is O=C(CSc1nnc2ccccn12)NC[C@@H]1COc2ccccc2O1. The van der Waals surface area contributed by atoms with Gasteiger partial charge in [-0.15, -0.1) is 10.2 Å². The van der Waals surface area contributed by atoms with Crippen LogP contribution in [0.15, 0.2) is 53.8 Å². The number of benzene rings is 1. The maximum absolute atomic E-state index is 12.1. The number of rotatable bonds is 5. The molecule has 2 aromatic heterocycles. The van der Waals surface area contributed by atoms with Crippen LogP contribution in [0.3, 0.4) is 0 Å². The predicted molar refractivity (Wildman–Crippen MR) is 93.1 cm³/mol. The third-order valence-corrected chi connectivity index (χ3v) is 4.65. The number of nitrogens with one attached hydrogen (secondary N) is 1. The fraction of sp³-hybridized carbons (Fsp3) is 0.235. The number of hydrogen-bond donors (Lipinski definition) is 1. The predicted octanol–water partition coefficient (Wildman–Crippen LogP) is 1.78. The molecule has 0 aliphatic carbocycles. The summed E-state index contributed by atoms with van der Waals surface area (Å²) in [7, 11) is 0. The minimum absolute atomic E-state index is 0.0832. The van der Waals surface area contributed by atoms with Crippen LogP contribution >= 0.6 is 11.8 Å². The Balaban J connectivity index is 1.27. The first kappa shape index (κ1) is 15.8. The first-order valence-electron chi connectivity index (χ1n) is 7.87. The Hall–Kier alpha value is -2.74. The van der Waals surface area contributed by atoms with Crippen molar-refractivity contribution in [3.8, 4) is 11.5 Å². The van der Waals surface area contributed by atoms with Gasteiger partial charge in [-0.1, -0.05) is 30.0 Å². The third kappa shape index (κ3) is 3.53. The number of para-hydroxylation sites is 2. The highest BCUT2D eigenvalue weighted by Crippen LogP contribution is 2.30. The van der Waals surface area contributed by atoms with Gasteiger partial charge in [0.15, 0.2) is 22.3 Å². The highest BCUT2D eigenvalue weighted by Gasteiger charge is 2.21. The highest BCUT2D eigenvalue weighted by atomic mass is 32.2. The first-order valence-corrected chi connectivity index (χ1v) is 8.86. The molecule has 0 fully saturated rings. The largest absolute Gasteiger partial charge is 0.486 e. The summed E-state index contributed by atoms with van der Waals surface area (Å²) in [5, 5.41) is 11.7. The molecule has 0 saturated heterocycles. The van der Waals surface area contributed by atoms with Crippen LogP contribution in [0.5, 0.6) is 11.5 Å². The topological polar surface area (TPSA) is 77.8 Å². The lowest BCUT2D eigenvalue weighted by molar-refractivity contribution is -0.119. The van der Waals surface area contributed by atoms with E-state index in [1.807, 2.05) is 53.1 Å². The molecule has 0 unspecified atom stereocenters. The summed E-state index contributed by atoms with van der Waals surface area (Å²) in [6, 6.07) is 13.2. The van der Waals surface area contributed by atoms with Gasteiger partial charge in [0.25, 0.3) is 0 Å². The van der Waals surface area contributed by atoms with Gasteiger partial charge in [0.2, 0.25) is 5.91 Å². The Morgan fingerprint density at radius 3 is 2.96 bits per heavy atom. The number of fused-ring (bicyclic) bond motifs is 2. The van der Waals surface area contributed by atoms with Crippen molar-refractivity contribution in [1.82, 2.24) is 19.9 Å². The fourth-order valence-corrected chi connectivity index (χ4v) is 3.24. The standard InChI is InChI=1S/C17H16N4O3S/c22-16(11-25-17-20-19-15-7-3-4-8-21(15)17)18-9-12-10-23-13-5-1-2-6-14(13)24-12/h1-8,12H,9-11H2,(H,18,22)/t12-/m1/s1. The minimum atomic E-state index is -0.197. The molecule has 1 N–H and O–H groups in total. The zero-order valence-corrected chi connectivity index (χ0v) is 14.1. The Morgan fingerprint density at radius 2 is 2.04 bits per heavy atom. The van der Waals surface area contributed by atoms with E-state index in [0.717, 1.165) is 11.4 Å². The van der Waals surface area contributed by atoms with Crippen LogP contribution in [0, 0.1) is 0 Å².